The molecular formula is C19H21NO2. The molecule has 0 unspecified atom stereocenters. The van der Waals surface area contributed by atoms with E-state index in [1.807, 2.05) is 36.4 Å². The maximum Gasteiger partial charge on any atom is 0.320 e. The molecule has 3 rings (SSSR count). The predicted molar refractivity (Wildman–Crippen MR) is 86.7 cm³/mol. The van der Waals surface area contributed by atoms with Crippen molar-refractivity contribution < 1.29 is 9.90 Å². The second kappa shape index (κ2) is 6.75. The van der Waals surface area contributed by atoms with Crippen molar-refractivity contribution in [2.24, 2.45) is 0 Å². The van der Waals surface area contributed by atoms with Crippen LogP contribution in [0.15, 0.2) is 60.7 Å². The molecule has 0 aliphatic carbocycles. The van der Waals surface area contributed by atoms with Gasteiger partial charge in [-0.2, -0.15) is 0 Å². The quantitative estimate of drug-likeness (QED) is 0.934. The Balaban J connectivity index is 2.03. The highest BCUT2D eigenvalue weighted by molar-refractivity contribution is 5.73. The van der Waals surface area contributed by atoms with Crippen LogP contribution in [0.25, 0.3) is 0 Å². The largest absolute Gasteiger partial charge is 0.480 e. The van der Waals surface area contributed by atoms with Gasteiger partial charge < -0.3 is 5.11 Å². The minimum Gasteiger partial charge on any atom is -0.480 e. The highest BCUT2D eigenvalue weighted by atomic mass is 16.4. The molecule has 3 nitrogen and oxygen atoms in total. The molecule has 0 saturated carbocycles. The second-order valence-corrected chi connectivity index (χ2v) is 5.81. The first-order valence-corrected chi connectivity index (χ1v) is 7.86. The second-order valence-electron chi connectivity index (χ2n) is 5.81. The summed E-state index contributed by atoms with van der Waals surface area (Å²) in [7, 11) is 0. The van der Waals surface area contributed by atoms with Crippen molar-refractivity contribution in [3.63, 3.8) is 0 Å². The Kier molecular flexibility index (Phi) is 4.54. The van der Waals surface area contributed by atoms with Gasteiger partial charge in [0.2, 0.25) is 0 Å². The third-order valence-electron chi connectivity index (χ3n) is 4.39. The fourth-order valence-corrected chi connectivity index (χ4v) is 3.37. The minimum absolute atomic E-state index is 0.00352. The Morgan fingerprint density at radius 3 is 2.00 bits per heavy atom. The molecule has 0 aromatic heterocycles. The number of rotatable bonds is 4. The van der Waals surface area contributed by atoms with Crippen molar-refractivity contribution in [2.75, 3.05) is 6.54 Å². The maximum absolute atomic E-state index is 11.7. The van der Waals surface area contributed by atoms with Gasteiger partial charge in [0.15, 0.2) is 0 Å². The summed E-state index contributed by atoms with van der Waals surface area (Å²) in [5.41, 5.74) is 2.31. The first-order valence-electron chi connectivity index (χ1n) is 7.86. The monoisotopic (exact) mass is 295 g/mol. The molecule has 3 heteroatoms. The van der Waals surface area contributed by atoms with Crippen LogP contribution in [0.1, 0.15) is 36.4 Å². The number of benzene rings is 2. The van der Waals surface area contributed by atoms with E-state index < -0.39 is 12.0 Å². The van der Waals surface area contributed by atoms with E-state index in [9.17, 15) is 9.90 Å². The van der Waals surface area contributed by atoms with Crippen molar-refractivity contribution in [3.05, 3.63) is 71.8 Å². The molecule has 2 aromatic carbocycles. The predicted octanol–water partition coefficient (Wildman–Crippen LogP) is 3.72. The molecular weight excluding hydrogens is 274 g/mol. The van der Waals surface area contributed by atoms with Crippen LogP contribution < -0.4 is 0 Å². The number of carbonyl (C=O) groups is 1. The van der Waals surface area contributed by atoms with Gasteiger partial charge in [-0.25, -0.2) is 0 Å². The normalized spacial score (nSPS) is 19.2. The average molecular weight is 295 g/mol. The van der Waals surface area contributed by atoms with E-state index in [1.54, 1.807) is 0 Å². The summed E-state index contributed by atoms with van der Waals surface area (Å²) in [6.07, 6.45) is 2.77. The summed E-state index contributed by atoms with van der Waals surface area (Å²) >= 11 is 0. The van der Waals surface area contributed by atoms with Crippen LogP contribution in [-0.2, 0) is 4.79 Å². The van der Waals surface area contributed by atoms with Gasteiger partial charge in [0.05, 0.1) is 6.04 Å². The number of piperidine rings is 1. The Bertz CT molecular complexity index is 572. The molecule has 0 spiro atoms. The Hall–Kier alpha value is -2.13. The van der Waals surface area contributed by atoms with E-state index in [-0.39, 0.29) is 6.04 Å². The Morgan fingerprint density at radius 2 is 1.50 bits per heavy atom. The van der Waals surface area contributed by atoms with Gasteiger partial charge in [0, 0.05) is 0 Å². The van der Waals surface area contributed by atoms with Crippen LogP contribution in [-0.4, -0.2) is 28.6 Å². The summed E-state index contributed by atoms with van der Waals surface area (Å²) in [6.45, 7) is 0.825. The summed E-state index contributed by atoms with van der Waals surface area (Å²) in [5, 5.41) is 9.61. The van der Waals surface area contributed by atoms with Gasteiger partial charge in [-0.3, -0.25) is 9.69 Å². The average Bonchev–Trinajstić information content (AvgIpc) is 2.57. The summed E-state index contributed by atoms with van der Waals surface area (Å²) in [4.78, 5) is 13.8. The van der Waals surface area contributed by atoms with Gasteiger partial charge in [0.1, 0.15) is 6.04 Å². The van der Waals surface area contributed by atoms with Gasteiger partial charge in [-0.1, -0.05) is 67.1 Å². The van der Waals surface area contributed by atoms with Crippen molar-refractivity contribution in [2.45, 2.75) is 31.3 Å². The molecule has 0 bridgehead atoms. The molecule has 1 saturated heterocycles. The third kappa shape index (κ3) is 3.04. The lowest BCUT2D eigenvalue weighted by atomic mass is 9.92. The van der Waals surface area contributed by atoms with Crippen LogP contribution in [0.4, 0.5) is 0 Å². The number of carboxylic acids is 1. The molecule has 1 atom stereocenters. The first-order chi connectivity index (χ1) is 10.8. The summed E-state index contributed by atoms with van der Waals surface area (Å²) in [6, 6.07) is 20.0. The van der Waals surface area contributed by atoms with Crippen molar-refractivity contribution >= 4 is 5.97 Å². The molecule has 0 amide bonds. The van der Waals surface area contributed by atoms with Crippen molar-refractivity contribution in [1.29, 1.82) is 0 Å². The van der Waals surface area contributed by atoms with Crippen molar-refractivity contribution in [1.82, 2.24) is 4.90 Å². The van der Waals surface area contributed by atoms with Crippen molar-refractivity contribution in [3.8, 4) is 0 Å². The highest BCUT2D eigenvalue weighted by Gasteiger charge is 2.34. The molecule has 1 N–H and O–H groups in total. The van der Waals surface area contributed by atoms with Gasteiger partial charge >= 0.3 is 5.97 Å². The van der Waals surface area contributed by atoms with E-state index >= 15 is 0 Å². The van der Waals surface area contributed by atoms with E-state index in [4.69, 9.17) is 0 Å². The molecule has 1 aliphatic heterocycles. The van der Waals surface area contributed by atoms with Gasteiger partial charge in [0.25, 0.3) is 0 Å². The molecule has 1 heterocycles. The van der Waals surface area contributed by atoms with E-state index in [0.29, 0.717) is 0 Å². The van der Waals surface area contributed by atoms with Gasteiger partial charge in [-0.15, -0.1) is 0 Å². The lowest BCUT2D eigenvalue weighted by Crippen LogP contribution is -2.46. The zero-order valence-electron chi connectivity index (χ0n) is 12.6. The van der Waals surface area contributed by atoms with Crippen LogP contribution in [0, 0.1) is 0 Å². The van der Waals surface area contributed by atoms with Crippen LogP contribution in [0.2, 0.25) is 0 Å². The lowest BCUT2D eigenvalue weighted by molar-refractivity contribution is -0.145. The third-order valence-corrected chi connectivity index (χ3v) is 4.39. The lowest BCUT2D eigenvalue weighted by Gasteiger charge is -2.39. The van der Waals surface area contributed by atoms with E-state index in [2.05, 4.69) is 29.2 Å². The highest BCUT2D eigenvalue weighted by Crippen LogP contribution is 2.33. The van der Waals surface area contributed by atoms with E-state index in [1.165, 1.54) is 0 Å². The first kappa shape index (κ1) is 14.8. The van der Waals surface area contributed by atoms with Crippen LogP contribution >= 0.6 is 0 Å². The number of hydrogen-bond donors (Lipinski definition) is 1. The summed E-state index contributed by atoms with van der Waals surface area (Å²) in [5.74, 6) is -0.712. The zero-order chi connectivity index (χ0) is 15.4. The Morgan fingerprint density at radius 1 is 0.955 bits per heavy atom. The van der Waals surface area contributed by atoms with Crippen LogP contribution in [0.5, 0.6) is 0 Å². The summed E-state index contributed by atoms with van der Waals surface area (Å²) < 4.78 is 0. The topological polar surface area (TPSA) is 40.5 Å². The molecule has 2 aromatic rings. The van der Waals surface area contributed by atoms with Crippen LogP contribution in [0.3, 0.4) is 0 Å². The minimum atomic E-state index is -0.712. The number of carboxylic acid groups (broad SMARTS) is 1. The smallest absolute Gasteiger partial charge is 0.320 e. The fourth-order valence-electron chi connectivity index (χ4n) is 3.37. The molecule has 22 heavy (non-hydrogen) atoms. The SMILES string of the molecule is O=C(O)[C@@H]1CCCCN1C(c1ccccc1)c1ccccc1. The van der Waals surface area contributed by atoms with Gasteiger partial charge in [-0.05, 0) is 30.5 Å². The number of likely N-dealkylation sites (tertiary alicyclic amines) is 1. The molecule has 0 radical (unpaired) electrons. The number of nitrogens with zero attached hydrogens (tertiary/aromatic N) is 1. The molecule has 1 aliphatic rings. The zero-order valence-corrected chi connectivity index (χ0v) is 12.6. The number of hydrogen-bond acceptors (Lipinski definition) is 2. The number of aliphatic carboxylic acids is 1. The molecule has 1 fully saturated rings. The fraction of sp³-hybridized carbons (Fsp3) is 0.316. The maximum atomic E-state index is 11.7. The standard InChI is InChI=1S/C19H21NO2/c21-19(22)17-13-7-8-14-20(17)18(15-9-3-1-4-10-15)16-11-5-2-6-12-16/h1-6,9-12,17-18H,7-8,13-14H2,(H,21,22)/t17-/m0/s1. The Labute approximate surface area is 131 Å². The van der Waals surface area contributed by atoms with E-state index in [0.717, 1.165) is 36.9 Å². The molecule has 114 valence electrons.